The molecular weight excluding hydrogens is 338 g/mol. The molecular formula is C21H27N5O. The summed E-state index contributed by atoms with van der Waals surface area (Å²) < 4.78 is 0. The molecule has 2 aromatic rings. The highest BCUT2D eigenvalue weighted by molar-refractivity contribution is 5.94. The van der Waals surface area contributed by atoms with E-state index >= 15 is 0 Å². The lowest BCUT2D eigenvalue weighted by atomic mass is 10.0. The largest absolute Gasteiger partial charge is 0.354 e. The predicted molar refractivity (Wildman–Crippen MR) is 108 cm³/mol. The fourth-order valence-corrected chi connectivity index (χ4v) is 3.87. The van der Waals surface area contributed by atoms with Crippen molar-refractivity contribution in [1.82, 2.24) is 15.2 Å². The molecule has 1 N–H and O–H groups in total. The standard InChI is InChI=1S/C21H27N5O/c1-16-15-26(19-6-4-3-5-18(16)19)21(27)23-14-17-7-8-22-20(13-17)25-11-9-24(2)10-12-25/h3-8,13,16H,9-12,14-15H2,1-2H3,(H,23,27). The third-order valence-corrected chi connectivity index (χ3v) is 5.54. The molecule has 2 amide bonds. The summed E-state index contributed by atoms with van der Waals surface area (Å²) >= 11 is 0. The number of pyridine rings is 1. The minimum atomic E-state index is -0.0373. The second-order valence-corrected chi connectivity index (χ2v) is 7.54. The second-order valence-electron chi connectivity index (χ2n) is 7.54. The average Bonchev–Trinajstić information content (AvgIpc) is 3.04. The lowest BCUT2D eigenvalue weighted by Crippen LogP contribution is -2.44. The number of piperazine rings is 1. The Morgan fingerprint density at radius 3 is 2.78 bits per heavy atom. The zero-order valence-corrected chi connectivity index (χ0v) is 16.1. The smallest absolute Gasteiger partial charge is 0.322 e. The van der Waals surface area contributed by atoms with Gasteiger partial charge in [-0.15, -0.1) is 0 Å². The number of amides is 2. The highest BCUT2D eigenvalue weighted by Gasteiger charge is 2.29. The first-order valence-electron chi connectivity index (χ1n) is 9.64. The SMILES string of the molecule is CC1CN(C(=O)NCc2ccnc(N3CCN(C)CC3)c2)c2ccccc21. The van der Waals surface area contributed by atoms with Gasteiger partial charge in [0.05, 0.1) is 0 Å². The molecule has 1 aromatic heterocycles. The van der Waals surface area contributed by atoms with E-state index in [9.17, 15) is 4.79 Å². The molecule has 6 heteroatoms. The summed E-state index contributed by atoms with van der Waals surface area (Å²) in [5.74, 6) is 1.37. The van der Waals surface area contributed by atoms with E-state index in [1.807, 2.05) is 35.4 Å². The van der Waals surface area contributed by atoms with Crippen LogP contribution in [0.1, 0.15) is 24.0 Å². The van der Waals surface area contributed by atoms with Gasteiger partial charge in [0.2, 0.25) is 0 Å². The van der Waals surface area contributed by atoms with Crippen LogP contribution in [0.5, 0.6) is 0 Å². The molecule has 2 aliphatic heterocycles. The molecule has 1 atom stereocenters. The van der Waals surface area contributed by atoms with E-state index in [1.165, 1.54) is 5.56 Å². The molecule has 0 bridgehead atoms. The monoisotopic (exact) mass is 365 g/mol. The molecule has 0 radical (unpaired) electrons. The molecule has 3 heterocycles. The van der Waals surface area contributed by atoms with Crippen molar-refractivity contribution in [2.45, 2.75) is 19.4 Å². The first-order valence-corrected chi connectivity index (χ1v) is 9.64. The van der Waals surface area contributed by atoms with E-state index in [4.69, 9.17) is 0 Å². The van der Waals surface area contributed by atoms with Crippen molar-refractivity contribution >= 4 is 17.5 Å². The maximum absolute atomic E-state index is 12.7. The van der Waals surface area contributed by atoms with Gasteiger partial charge in [-0.1, -0.05) is 25.1 Å². The number of fused-ring (bicyclic) bond motifs is 1. The molecule has 1 unspecified atom stereocenters. The van der Waals surface area contributed by atoms with Gasteiger partial charge < -0.3 is 15.1 Å². The normalized spacial score (nSPS) is 19.9. The number of carbonyl (C=O) groups is 1. The van der Waals surface area contributed by atoms with Crippen molar-refractivity contribution in [3.8, 4) is 0 Å². The number of nitrogens with one attached hydrogen (secondary N) is 1. The van der Waals surface area contributed by atoms with Crippen molar-refractivity contribution in [2.24, 2.45) is 0 Å². The fourth-order valence-electron chi connectivity index (χ4n) is 3.87. The summed E-state index contributed by atoms with van der Waals surface area (Å²) in [4.78, 5) is 23.7. The molecule has 1 aromatic carbocycles. The summed E-state index contributed by atoms with van der Waals surface area (Å²) in [5, 5.41) is 3.07. The van der Waals surface area contributed by atoms with E-state index in [0.717, 1.165) is 49.8 Å². The van der Waals surface area contributed by atoms with E-state index in [2.05, 4.69) is 46.2 Å². The zero-order chi connectivity index (χ0) is 18.8. The van der Waals surface area contributed by atoms with Crippen LogP contribution in [-0.2, 0) is 6.54 Å². The molecule has 0 aliphatic carbocycles. The van der Waals surface area contributed by atoms with Crippen LogP contribution in [0.15, 0.2) is 42.6 Å². The summed E-state index contributed by atoms with van der Waals surface area (Å²) in [6.07, 6.45) is 1.84. The molecule has 27 heavy (non-hydrogen) atoms. The van der Waals surface area contributed by atoms with Crippen LogP contribution in [0.3, 0.4) is 0 Å². The number of likely N-dealkylation sites (N-methyl/N-ethyl adjacent to an activating group) is 1. The molecule has 0 saturated carbocycles. The van der Waals surface area contributed by atoms with Crippen LogP contribution in [-0.4, -0.2) is 55.7 Å². The van der Waals surface area contributed by atoms with Crippen LogP contribution in [0.2, 0.25) is 0 Å². The number of anilines is 2. The first-order chi connectivity index (χ1) is 13.1. The van der Waals surface area contributed by atoms with Crippen molar-refractivity contribution < 1.29 is 4.79 Å². The summed E-state index contributed by atoms with van der Waals surface area (Å²) in [7, 11) is 2.15. The van der Waals surface area contributed by atoms with Crippen LogP contribution >= 0.6 is 0 Å². The Balaban J connectivity index is 1.39. The molecule has 6 nitrogen and oxygen atoms in total. The van der Waals surface area contributed by atoms with Gasteiger partial charge in [-0.3, -0.25) is 4.90 Å². The number of rotatable bonds is 3. The van der Waals surface area contributed by atoms with Gasteiger partial charge in [0, 0.05) is 57.1 Å². The second kappa shape index (κ2) is 7.56. The van der Waals surface area contributed by atoms with E-state index in [1.54, 1.807) is 0 Å². The Morgan fingerprint density at radius 2 is 1.96 bits per heavy atom. The number of urea groups is 1. The molecule has 0 spiro atoms. The number of aromatic nitrogens is 1. The Labute approximate surface area is 160 Å². The molecule has 1 fully saturated rings. The Kier molecular flexibility index (Phi) is 4.99. The van der Waals surface area contributed by atoms with Crippen LogP contribution < -0.4 is 15.1 Å². The van der Waals surface area contributed by atoms with E-state index in [-0.39, 0.29) is 6.03 Å². The van der Waals surface area contributed by atoms with Crippen LogP contribution in [0, 0.1) is 0 Å². The molecule has 1 saturated heterocycles. The molecule has 4 rings (SSSR count). The van der Waals surface area contributed by atoms with Gasteiger partial charge in [-0.05, 0) is 36.4 Å². The lowest BCUT2D eigenvalue weighted by molar-refractivity contribution is 0.246. The highest BCUT2D eigenvalue weighted by atomic mass is 16.2. The number of benzene rings is 1. The van der Waals surface area contributed by atoms with Gasteiger partial charge in [0.25, 0.3) is 0 Å². The first kappa shape index (κ1) is 17.8. The van der Waals surface area contributed by atoms with E-state index < -0.39 is 0 Å². The van der Waals surface area contributed by atoms with Gasteiger partial charge in [-0.2, -0.15) is 0 Å². The number of nitrogens with zero attached hydrogens (tertiary/aromatic N) is 4. The fraction of sp³-hybridized carbons (Fsp3) is 0.429. The quantitative estimate of drug-likeness (QED) is 0.909. The Morgan fingerprint density at radius 1 is 1.19 bits per heavy atom. The minimum Gasteiger partial charge on any atom is -0.354 e. The zero-order valence-electron chi connectivity index (χ0n) is 16.1. The van der Waals surface area contributed by atoms with Crippen LogP contribution in [0.25, 0.3) is 0 Å². The minimum absolute atomic E-state index is 0.0373. The summed E-state index contributed by atoms with van der Waals surface area (Å²) in [6.45, 7) is 7.48. The summed E-state index contributed by atoms with van der Waals surface area (Å²) in [5.41, 5.74) is 3.34. The van der Waals surface area contributed by atoms with Crippen molar-refractivity contribution in [3.05, 3.63) is 53.7 Å². The topological polar surface area (TPSA) is 51.7 Å². The van der Waals surface area contributed by atoms with Crippen molar-refractivity contribution in [1.29, 1.82) is 0 Å². The lowest BCUT2D eigenvalue weighted by Gasteiger charge is -2.33. The van der Waals surface area contributed by atoms with E-state index in [0.29, 0.717) is 12.5 Å². The maximum Gasteiger partial charge on any atom is 0.322 e. The Hall–Kier alpha value is -2.60. The average molecular weight is 365 g/mol. The molecule has 142 valence electrons. The third kappa shape index (κ3) is 3.76. The highest BCUT2D eigenvalue weighted by Crippen LogP contribution is 2.35. The molecule has 2 aliphatic rings. The third-order valence-electron chi connectivity index (χ3n) is 5.54. The van der Waals surface area contributed by atoms with Gasteiger partial charge in [0.15, 0.2) is 0 Å². The number of hydrogen-bond acceptors (Lipinski definition) is 4. The van der Waals surface area contributed by atoms with Gasteiger partial charge in [-0.25, -0.2) is 9.78 Å². The predicted octanol–water partition coefficient (Wildman–Crippen LogP) is 2.67. The van der Waals surface area contributed by atoms with Crippen molar-refractivity contribution in [3.63, 3.8) is 0 Å². The number of carbonyl (C=O) groups excluding carboxylic acids is 1. The van der Waals surface area contributed by atoms with Crippen molar-refractivity contribution in [2.75, 3.05) is 49.6 Å². The maximum atomic E-state index is 12.7. The van der Waals surface area contributed by atoms with Crippen LogP contribution in [0.4, 0.5) is 16.3 Å². The van der Waals surface area contributed by atoms with Gasteiger partial charge >= 0.3 is 6.03 Å². The summed E-state index contributed by atoms with van der Waals surface area (Å²) in [6, 6.07) is 12.2. The number of hydrogen-bond donors (Lipinski definition) is 1. The number of para-hydroxylation sites is 1. The van der Waals surface area contributed by atoms with Gasteiger partial charge in [0.1, 0.15) is 5.82 Å². The Bertz CT molecular complexity index is 816.